The highest BCUT2D eigenvalue weighted by Crippen LogP contribution is 2.31. The maximum Gasteiger partial charge on any atom is 0.255 e. The van der Waals surface area contributed by atoms with E-state index in [2.05, 4.69) is 26.1 Å². The molecule has 8 heteroatoms. The molecule has 0 bridgehead atoms. The van der Waals surface area contributed by atoms with E-state index in [0.29, 0.717) is 36.1 Å². The van der Waals surface area contributed by atoms with Crippen LogP contribution in [0, 0.1) is 0 Å². The Balaban J connectivity index is 1.44. The van der Waals surface area contributed by atoms with Gasteiger partial charge in [-0.1, -0.05) is 5.16 Å². The van der Waals surface area contributed by atoms with Gasteiger partial charge in [-0.15, -0.1) is 0 Å². The lowest BCUT2D eigenvalue weighted by Gasteiger charge is -2.37. The van der Waals surface area contributed by atoms with E-state index in [4.69, 9.17) is 9.26 Å². The van der Waals surface area contributed by atoms with E-state index in [0.717, 1.165) is 10.0 Å². The van der Waals surface area contributed by atoms with Gasteiger partial charge in [0.05, 0.1) is 18.6 Å². The highest BCUT2D eigenvalue weighted by molar-refractivity contribution is 9.10. The molecule has 0 unspecified atom stereocenters. The van der Waals surface area contributed by atoms with Gasteiger partial charge in [0.2, 0.25) is 11.7 Å². The second kappa shape index (κ2) is 6.61. The molecule has 1 aromatic carbocycles. The highest BCUT2D eigenvalue weighted by Gasteiger charge is 2.36. The number of thiophene rings is 1. The van der Waals surface area contributed by atoms with Gasteiger partial charge in [0.15, 0.2) is 0 Å². The minimum atomic E-state index is -0.0420. The van der Waals surface area contributed by atoms with Gasteiger partial charge in [-0.3, -0.25) is 4.79 Å². The summed E-state index contributed by atoms with van der Waals surface area (Å²) < 4.78 is 11.3. The van der Waals surface area contributed by atoms with Gasteiger partial charge >= 0.3 is 0 Å². The lowest BCUT2D eigenvalue weighted by molar-refractivity contribution is 0.0568. The second-order valence-electron chi connectivity index (χ2n) is 5.72. The molecule has 6 nitrogen and oxygen atoms in total. The number of methoxy groups -OCH3 is 1. The third-order valence-electron chi connectivity index (χ3n) is 4.14. The number of amides is 1. The minimum absolute atomic E-state index is 0.0420. The van der Waals surface area contributed by atoms with E-state index < -0.39 is 0 Å². The number of hydrogen-bond acceptors (Lipinski definition) is 6. The molecule has 0 N–H and O–H groups in total. The van der Waals surface area contributed by atoms with Crippen molar-refractivity contribution in [3.05, 3.63) is 51.0 Å². The first-order valence-electron chi connectivity index (χ1n) is 7.64. The van der Waals surface area contributed by atoms with E-state index in [-0.39, 0.29) is 11.8 Å². The first-order valence-corrected chi connectivity index (χ1v) is 9.38. The molecule has 1 saturated heterocycles. The Morgan fingerprint density at radius 3 is 2.96 bits per heavy atom. The molecule has 3 heterocycles. The van der Waals surface area contributed by atoms with E-state index in [9.17, 15) is 4.79 Å². The van der Waals surface area contributed by atoms with E-state index >= 15 is 0 Å². The summed E-state index contributed by atoms with van der Waals surface area (Å²) >= 11 is 5.01. The molecule has 4 rings (SSSR count). The summed E-state index contributed by atoms with van der Waals surface area (Å²) in [6, 6.07) is 7.32. The normalized spacial score (nSPS) is 14.4. The van der Waals surface area contributed by atoms with Crippen LogP contribution in [-0.4, -0.2) is 41.1 Å². The number of likely N-dealkylation sites (tertiary alicyclic amines) is 1. The van der Waals surface area contributed by atoms with Crippen molar-refractivity contribution < 1.29 is 14.1 Å². The van der Waals surface area contributed by atoms with Gasteiger partial charge in [0.25, 0.3) is 5.91 Å². The number of ether oxygens (including phenoxy) is 1. The molecule has 3 aromatic rings. The van der Waals surface area contributed by atoms with E-state index in [1.807, 2.05) is 29.0 Å². The maximum atomic E-state index is 12.7. The predicted molar refractivity (Wildman–Crippen MR) is 96.9 cm³/mol. The van der Waals surface area contributed by atoms with Crippen molar-refractivity contribution >= 4 is 33.2 Å². The molecule has 0 saturated carbocycles. The molecular weight excluding hydrogens is 406 g/mol. The van der Waals surface area contributed by atoms with E-state index in [1.54, 1.807) is 29.4 Å². The van der Waals surface area contributed by atoms with Gasteiger partial charge in [0.1, 0.15) is 5.75 Å². The monoisotopic (exact) mass is 419 g/mol. The van der Waals surface area contributed by atoms with Crippen molar-refractivity contribution in [2.24, 2.45) is 0 Å². The van der Waals surface area contributed by atoms with Crippen molar-refractivity contribution in [1.82, 2.24) is 15.0 Å². The zero-order valence-corrected chi connectivity index (χ0v) is 15.7. The Kier molecular flexibility index (Phi) is 4.30. The molecule has 1 fully saturated rings. The third kappa shape index (κ3) is 3.07. The number of hydrogen-bond donors (Lipinski definition) is 0. The van der Waals surface area contributed by atoms with Gasteiger partial charge in [-0.2, -0.15) is 16.3 Å². The topological polar surface area (TPSA) is 68.5 Å². The smallest absolute Gasteiger partial charge is 0.255 e. The third-order valence-corrected chi connectivity index (χ3v) is 5.52. The largest absolute Gasteiger partial charge is 0.497 e. The highest BCUT2D eigenvalue weighted by atomic mass is 79.9. The first kappa shape index (κ1) is 16.3. The minimum Gasteiger partial charge on any atom is -0.497 e. The zero-order valence-electron chi connectivity index (χ0n) is 13.3. The van der Waals surface area contributed by atoms with Crippen molar-refractivity contribution in [3.8, 4) is 17.1 Å². The van der Waals surface area contributed by atoms with Crippen molar-refractivity contribution in [2.45, 2.75) is 5.92 Å². The Labute approximate surface area is 156 Å². The Bertz CT molecular complexity index is 904. The number of halogens is 1. The van der Waals surface area contributed by atoms with Crippen molar-refractivity contribution in [2.75, 3.05) is 20.2 Å². The van der Waals surface area contributed by atoms with Crippen LogP contribution in [0.3, 0.4) is 0 Å². The maximum absolute atomic E-state index is 12.7. The molecule has 1 aliphatic rings. The lowest BCUT2D eigenvalue weighted by atomic mass is 9.98. The van der Waals surface area contributed by atoms with Crippen LogP contribution in [-0.2, 0) is 0 Å². The average Bonchev–Trinajstić information content (AvgIpc) is 3.25. The molecule has 25 heavy (non-hydrogen) atoms. The number of carbonyl (C=O) groups is 1. The molecule has 0 aliphatic carbocycles. The molecule has 1 aliphatic heterocycles. The number of rotatable bonds is 4. The quantitative estimate of drug-likeness (QED) is 0.642. The standard InChI is InChI=1S/C17H14BrN3O3S/c1-23-12-2-3-14(18)13(6-12)17(22)21-7-11(8-21)16-19-15(20-24-16)10-4-5-25-9-10/h2-6,9,11H,7-8H2,1H3. The summed E-state index contributed by atoms with van der Waals surface area (Å²) in [5.74, 6) is 1.86. The number of benzene rings is 1. The molecule has 2 aromatic heterocycles. The van der Waals surface area contributed by atoms with Gasteiger partial charge in [-0.05, 0) is 45.6 Å². The zero-order chi connectivity index (χ0) is 17.4. The van der Waals surface area contributed by atoms with Gasteiger partial charge < -0.3 is 14.2 Å². The average molecular weight is 420 g/mol. The molecule has 0 radical (unpaired) electrons. The molecule has 128 valence electrons. The number of aromatic nitrogens is 2. The first-order chi connectivity index (χ1) is 12.2. The van der Waals surface area contributed by atoms with Crippen molar-refractivity contribution in [1.29, 1.82) is 0 Å². The number of nitrogens with zero attached hydrogens (tertiary/aromatic N) is 3. The summed E-state index contributed by atoms with van der Waals surface area (Å²) in [6.07, 6.45) is 0. The van der Waals surface area contributed by atoms with Crippen LogP contribution < -0.4 is 4.74 Å². The Morgan fingerprint density at radius 1 is 1.40 bits per heavy atom. The summed E-state index contributed by atoms with van der Waals surface area (Å²) in [4.78, 5) is 18.9. The second-order valence-corrected chi connectivity index (χ2v) is 7.36. The van der Waals surface area contributed by atoms with Crippen LogP contribution in [0.2, 0.25) is 0 Å². The SMILES string of the molecule is COc1ccc(Br)c(C(=O)N2CC(c3nc(-c4ccsc4)no3)C2)c1. The Hall–Kier alpha value is -2.19. The van der Waals surface area contributed by atoms with Crippen LogP contribution in [0.4, 0.5) is 0 Å². The lowest BCUT2D eigenvalue weighted by Crippen LogP contribution is -2.48. The van der Waals surface area contributed by atoms with Crippen LogP contribution in [0.15, 0.2) is 44.0 Å². The van der Waals surface area contributed by atoms with Crippen molar-refractivity contribution in [3.63, 3.8) is 0 Å². The number of carbonyl (C=O) groups excluding carboxylic acids is 1. The molecule has 0 spiro atoms. The van der Waals surface area contributed by atoms with Gasteiger partial charge in [0, 0.05) is 28.5 Å². The van der Waals surface area contributed by atoms with Crippen LogP contribution in [0.1, 0.15) is 22.2 Å². The summed E-state index contributed by atoms with van der Waals surface area (Å²) in [5.41, 5.74) is 1.54. The molecule has 0 atom stereocenters. The summed E-state index contributed by atoms with van der Waals surface area (Å²) in [5, 5.41) is 7.97. The summed E-state index contributed by atoms with van der Waals surface area (Å²) in [7, 11) is 1.58. The van der Waals surface area contributed by atoms with Crippen LogP contribution in [0.25, 0.3) is 11.4 Å². The fourth-order valence-electron chi connectivity index (χ4n) is 2.68. The fraction of sp³-hybridized carbons (Fsp3) is 0.235. The molecule has 1 amide bonds. The van der Waals surface area contributed by atoms with Crippen LogP contribution >= 0.6 is 27.3 Å². The predicted octanol–water partition coefficient (Wildman–Crippen LogP) is 3.81. The summed E-state index contributed by atoms with van der Waals surface area (Å²) in [6.45, 7) is 1.13. The van der Waals surface area contributed by atoms with Gasteiger partial charge in [-0.25, -0.2) is 0 Å². The van der Waals surface area contributed by atoms with Crippen LogP contribution in [0.5, 0.6) is 5.75 Å². The Morgan fingerprint density at radius 2 is 2.24 bits per heavy atom. The fourth-order valence-corrected chi connectivity index (χ4v) is 3.73. The molecular formula is C17H14BrN3O3S. The van der Waals surface area contributed by atoms with E-state index in [1.165, 1.54) is 0 Å².